The average molecular weight is 1110 g/mol. The highest BCUT2D eigenvalue weighted by Gasteiger charge is 2.50. The molecular weight excluding hydrogens is 1050 g/mol. The maximum absolute atomic E-state index is 13.8. The molecule has 2 aliphatic rings. The molecule has 2 aliphatic heterocycles. The van der Waals surface area contributed by atoms with Crippen LogP contribution < -0.4 is 11.5 Å². The number of ether oxygens (including phenoxy) is 2. The number of halogens is 4. The number of nitrogens with two attached hydrogens (primary N) is 2. The maximum Gasteiger partial charge on any atom is 0.253 e. The molecule has 2 saturated heterocycles. The third kappa shape index (κ3) is 14.1. The summed E-state index contributed by atoms with van der Waals surface area (Å²) in [7, 11) is -7.18. The van der Waals surface area contributed by atoms with Crippen LogP contribution in [-0.4, -0.2) is 95.6 Å². The predicted octanol–water partition coefficient (Wildman–Crippen LogP) is 9.74. The van der Waals surface area contributed by atoms with Crippen LogP contribution in [0.2, 0.25) is 20.1 Å². The zero-order valence-electron chi connectivity index (χ0n) is 41.6. The van der Waals surface area contributed by atoms with E-state index in [0.717, 1.165) is 0 Å². The first-order valence-electron chi connectivity index (χ1n) is 23.5. The summed E-state index contributed by atoms with van der Waals surface area (Å²) in [6.45, 7) is 13.5. The lowest BCUT2D eigenvalue weighted by molar-refractivity contribution is -0.180. The van der Waals surface area contributed by atoms with Gasteiger partial charge in [-0.3, -0.25) is 19.2 Å². The number of nitrogens with zero attached hydrogens (tertiary/aromatic N) is 2. The monoisotopic (exact) mass is 1110 g/mol. The maximum atomic E-state index is 13.8. The second kappa shape index (κ2) is 24.0. The molecule has 6 rings (SSSR count). The molecule has 0 bridgehead atoms. The Morgan fingerprint density at radius 1 is 0.542 bits per heavy atom. The molecule has 72 heavy (non-hydrogen) atoms. The van der Waals surface area contributed by atoms with Gasteiger partial charge in [0.05, 0.1) is 45.9 Å². The Hall–Kier alpha value is -4.26. The van der Waals surface area contributed by atoms with Gasteiger partial charge in [-0.2, -0.15) is 0 Å². The summed E-state index contributed by atoms with van der Waals surface area (Å²) in [5, 5.41) is 1.98. The normalized spacial score (nSPS) is 21.9. The number of morpholine rings is 2. The van der Waals surface area contributed by atoms with Gasteiger partial charge < -0.3 is 30.7 Å². The molecule has 0 unspecified atom stereocenters. The minimum atomic E-state index is -3.59. The number of carbonyl (C=O) groups is 4. The van der Waals surface area contributed by atoms with Crippen LogP contribution in [0.3, 0.4) is 0 Å². The van der Waals surface area contributed by atoms with Crippen LogP contribution >= 0.6 is 46.4 Å². The van der Waals surface area contributed by atoms with Gasteiger partial charge in [0, 0.05) is 32.2 Å². The highest BCUT2D eigenvalue weighted by Crippen LogP contribution is 2.47. The Labute approximate surface area is 443 Å². The topological polar surface area (TPSA) is 214 Å². The van der Waals surface area contributed by atoms with Crippen molar-refractivity contribution in [2.75, 3.05) is 11.5 Å². The molecule has 14 nitrogen and oxygen atoms in total. The van der Waals surface area contributed by atoms with Gasteiger partial charge in [0.2, 0.25) is 11.8 Å². The van der Waals surface area contributed by atoms with Crippen molar-refractivity contribution in [3.8, 4) is 0 Å². The summed E-state index contributed by atoms with van der Waals surface area (Å²) in [4.78, 5) is 54.5. The van der Waals surface area contributed by atoms with E-state index in [2.05, 4.69) is 0 Å². The largest absolute Gasteiger partial charge is 0.370 e. The van der Waals surface area contributed by atoms with Crippen molar-refractivity contribution >= 4 is 89.7 Å². The molecule has 4 amide bonds. The third-order valence-electron chi connectivity index (χ3n) is 12.8. The molecule has 392 valence electrons. The first-order chi connectivity index (χ1) is 33.5. The molecular formula is C52H64Cl4N4O10S2. The summed E-state index contributed by atoms with van der Waals surface area (Å²) in [5.41, 5.74) is 13.7. The Balaban J connectivity index is 0.000000267. The van der Waals surface area contributed by atoms with Crippen LogP contribution in [0.15, 0.2) is 97.1 Å². The third-order valence-corrected chi connectivity index (χ3v) is 19.2. The molecule has 4 aromatic rings. The van der Waals surface area contributed by atoms with E-state index in [1.54, 1.807) is 136 Å². The molecule has 2 heterocycles. The number of amides is 4. The highest BCUT2D eigenvalue weighted by atomic mass is 35.5. The van der Waals surface area contributed by atoms with E-state index >= 15 is 0 Å². The van der Waals surface area contributed by atoms with Crippen molar-refractivity contribution in [2.24, 2.45) is 11.5 Å². The van der Waals surface area contributed by atoms with Crippen molar-refractivity contribution < 1.29 is 45.5 Å². The van der Waals surface area contributed by atoms with Crippen LogP contribution in [0, 0.1) is 0 Å². The summed E-state index contributed by atoms with van der Waals surface area (Å²) in [5.74, 6) is -2.84. The summed E-state index contributed by atoms with van der Waals surface area (Å²) < 4.78 is 63.4. The van der Waals surface area contributed by atoms with Crippen LogP contribution in [0.5, 0.6) is 0 Å². The molecule has 0 spiro atoms. The number of hydrogen-bond acceptors (Lipinski definition) is 10. The van der Waals surface area contributed by atoms with E-state index in [-0.39, 0.29) is 24.3 Å². The number of hydrogen-bond donors (Lipinski definition) is 2. The average Bonchev–Trinajstić information content (AvgIpc) is 3.28. The molecule has 4 N–H and O–H groups in total. The summed E-state index contributed by atoms with van der Waals surface area (Å²) in [6.07, 6.45) is -3.72. The Morgan fingerprint density at radius 2 is 0.861 bits per heavy atom. The van der Waals surface area contributed by atoms with Crippen molar-refractivity contribution in [1.82, 2.24) is 9.80 Å². The van der Waals surface area contributed by atoms with Gasteiger partial charge in [-0.25, -0.2) is 16.8 Å². The van der Waals surface area contributed by atoms with Crippen molar-refractivity contribution in [2.45, 2.75) is 139 Å². The Morgan fingerprint density at radius 3 is 1.12 bits per heavy atom. The van der Waals surface area contributed by atoms with Crippen LogP contribution in [-0.2, 0) is 48.3 Å². The van der Waals surface area contributed by atoms with E-state index in [0.29, 0.717) is 55.2 Å². The zero-order valence-corrected chi connectivity index (χ0v) is 46.2. The number of sulfone groups is 2. The lowest BCUT2D eigenvalue weighted by Crippen LogP contribution is -2.57. The van der Waals surface area contributed by atoms with E-state index in [1.165, 1.54) is 0 Å². The fourth-order valence-electron chi connectivity index (χ4n) is 8.64. The molecule has 0 aliphatic carbocycles. The SMILES string of the molecule is CC[C@@H](CS(=O)(=O)C(C)(C)C)N1C(=O)[C@@H](CC(N)=O)O[C@H](c2cccc(Cl)c2)[C@H]1c1ccc(Cl)cc1.CC[C@@H](CS(=O)(=O)C(C)(C)C)N1C(=O)[C@H](CC(N)=O)O[C@H](c2cccc(Cl)c2)[C@H]1c1ccc(Cl)cc1. The zero-order chi connectivity index (χ0) is 53.7. The minimum absolute atomic E-state index is 0.242. The van der Waals surface area contributed by atoms with E-state index in [1.807, 2.05) is 26.0 Å². The van der Waals surface area contributed by atoms with Gasteiger partial charge in [0.15, 0.2) is 19.7 Å². The van der Waals surface area contributed by atoms with Crippen molar-refractivity contribution in [3.63, 3.8) is 0 Å². The second-order valence-corrected chi connectivity index (χ2v) is 27.3. The number of rotatable bonds is 16. The van der Waals surface area contributed by atoms with Crippen molar-refractivity contribution in [1.29, 1.82) is 0 Å². The van der Waals surface area contributed by atoms with E-state index in [4.69, 9.17) is 67.3 Å². The summed E-state index contributed by atoms with van der Waals surface area (Å²) >= 11 is 24.8. The number of primary amides is 2. The van der Waals surface area contributed by atoms with Gasteiger partial charge in [-0.15, -0.1) is 0 Å². The highest BCUT2D eigenvalue weighted by molar-refractivity contribution is 7.93. The second-order valence-electron chi connectivity index (χ2n) is 19.9. The quantitative estimate of drug-likeness (QED) is 0.108. The molecule has 0 saturated carbocycles. The fourth-order valence-corrected chi connectivity index (χ4v) is 12.1. The van der Waals surface area contributed by atoms with Gasteiger partial charge in [-0.1, -0.05) is 109 Å². The smallest absolute Gasteiger partial charge is 0.253 e. The van der Waals surface area contributed by atoms with Gasteiger partial charge in [0.1, 0.15) is 24.4 Å². The Kier molecular flexibility index (Phi) is 19.5. The van der Waals surface area contributed by atoms with E-state index in [9.17, 15) is 36.0 Å². The molecule has 20 heteroatoms. The molecule has 2 fully saturated rings. The van der Waals surface area contributed by atoms with E-state index < -0.39 is 101 Å². The molecule has 0 aromatic heterocycles. The number of carbonyl (C=O) groups excluding carboxylic acids is 4. The van der Waals surface area contributed by atoms with Crippen LogP contribution in [0.25, 0.3) is 0 Å². The Bertz CT molecular complexity index is 2610. The van der Waals surface area contributed by atoms with Gasteiger partial charge in [-0.05, 0) is 125 Å². The molecule has 0 radical (unpaired) electrons. The first-order valence-corrected chi connectivity index (χ1v) is 28.3. The molecule has 8 atom stereocenters. The predicted molar refractivity (Wildman–Crippen MR) is 283 cm³/mol. The van der Waals surface area contributed by atoms with Crippen LogP contribution in [0.4, 0.5) is 0 Å². The molecule has 4 aromatic carbocycles. The standard InChI is InChI=1S/2C26H32Cl2N2O5S/c2*1-5-20(15-36(33,34)26(2,3)4)30-23(16-9-11-18(27)12-10-16)24(17-7-6-8-19(28)13-17)35-21(25(30)32)14-22(29)31/h2*6-13,20-21,23-24H,5,14-15H2,1-4H3,(H2,29,31)/t20-,21+,23+,24+;20-,21-,23+,24+/m00/s1. The lowest BCUT2D eigenvalue weighted by atomic mass is 9.89. The van der Waals surface area contributed by atoms with Gasteiger partial charge >= 0.3 is 0 Å². The number of benzene rings is 4. The van der Waals surface area contributed by atoms with Gasteiger partial charge in [0.25, 0.3) is 11.8 Å². The van der Waals surface area contributed by atoms with Crippen LogP contribution in [0.1, 0.15) is 128 Å². The summed E-state index contributed by atoms with van der Waals surface area (Å²) in [6, 6.07) is 25.3. The van der Waals surface area contributed by atoms with Crippen molar-refractivity contribution in [3.05, 3.63) is 139 Å². The lowest BCUT2D eigenvalue weighted by Gasteiger charge is -2.48. The minimum Gasteiger partial charge on any atom is -0.370 e. The first kappa shape index (κ1) is 58.6. The fraction of sp³-hybridized carbons (Fsp3) is 0.462.